The summed E-state index contributed by atoms with van der Waals surface area (Å²) in [6.07, 6.45) is 3.87. The first-order valence-corrected chi connectivity index (χ1v) is 9.11. The number of hydrogen-bond acceptors (Lipinski definition) is 3. The quantitative estimate of drug-likeness (QED) is 0.246. The summed E-state index contributed by atoms with van der Waals surface area (Å²) >= 11 is 0. The number of primary amides is 1. The summed E-state index contributed by atoms with van der Waals surface area (Å²) in [5.74, 6) is 0.378. The Balaban J connectivity index is 0.00000338. The predicted molar refractivity (Wildman–Crippen MR) is 119 cm³/mol. The summed E-state index contributed by atoms with van der Waals surface area (Å²) in [7, 11) is 0. The van der Waals surface area contributed by atoms with Crippen LogP contribution in [0.15, 0.2) is 23.2 Å². The molecular weight excluding hydrogens is 441 g/mol. The number of carbonyl (C=O) groups is 1. The average Bonchev–Trinajstić information content (AvgIpc) is 2.58. The molecule has 146 valence electrons. The van der Waals surface area contributed by atoms with Crippen molar-refractivity contribution in [1.29, 1.82) is 0 Å². The number of nitrogens with two attached hydrogens (primary N) is 2. The number of halogens is 1. The SMILES string of the molecule is Cc1ccc(NC(N)=NCCCCN2CCC(C(N)=O)CC2)cc1C.I. The maximum absolute atomic E-state index is 11.2. The van der Waals surface area contributed by atoms with E-state index < -0.39 is 0 Å². The number of amides is 1. The third-order valence-corrected chi connectivity index (χ3v) is 4.93. The normalized spacial score (nSPS) is 16.2. The highest BCUT2D eigenvalue weighted by Crippen LogP contribution is 2.17. The zero-order valence-corrected chi connectivity index (χ0v) is 18.2. The van der Waals surface area contributed by atoms with Crippen LogP contribution in [0, 0.1) is 19.8 Å². The first-order chi connectivity index (χ1) is 12.0. The molecule has 1 saturated heterocycles. The van der Waals surface area contributed by atoms with Crippen LogP contribution >= 0.6 is 24.0 Å². The molecule has 0 unspecified atom stereocenters. The lowest BCUT2D eigenvalue weighted by Gasteiger charge is -2.30. The van der Waals surface area contributed by atoms with Gasteiger partial charge in [-0.25, -0.2) is 0 Å². The van der Waals surface area contributed by atoms with E-state index in [-0.39, 0.29) is 35.8 Å². The lowest BCUT2D eigenvalue weighted by Crippen LogP contribution is -2.38. The highest BCUT2D eigenvalue weighted by Gasteiger charge is 2.22. The van der Waals surface area contributed by atoms with Crippen LogP contribution in [0.5, 0.6) is 0 Å². The van der Waals surface area contributed by atoms with E-state index in [9.17, 15) is 4.79 Å². The third-order valence-electron chi connectivity index (χ3n) is 4.93. The molecule has 1 fully saturated rings. The molecule has 6 nitrogen and oxygen atoms in total. The fourth-order valence-electron chi connectivity index (χ4n) is 3.09. The smallest absolute Gasteiger partial charge is 0.220 e. The summed E-state index contributed by atoms with van der Waals surface area (Å²) in [5.41, 5.74) is 14.8. The second-order valence-corrected chi connectivity index (χ2v) is 6.92. The molecule has 0 bridgehead atoms. The number of nitrogens with zero attached hydrogens (tertiary/aromatic N) is 2. The van der Waals surface area contributed by atoms with Crippen LogP contribution in [-0.4, -0.2) is 42.9 Å². The van der Waals surface area contributed by atoms with Gasteiger partial charge in [0.1, 0.15) is 0 Å². The number of hydrogen-bond donors (Lipinski definition) is 3. The van der Waals surface area contributed by atoms with Crippen molar-refractivity contribution in [3.8, 4) is 0 Å². The van der Waals surface area contributed by atoms with Crippen molar-refractivity contribution in [3.63, 3.8) is 0 Å². The van der Waals surface area contributed by atoms with Crippen molar-refractivity contribution in [1.82, 2.24) is 4.90 Å². The van der Waals surface area contributed by atoms with E-state index in [2.05, 4.69) is 41.2 Å². The summed E-state index contributed by atoms with van der Waals surface area (Å²) in [6.45, 7) is 7.88. The van der Waals surface area contributed by atoms with E-state index in [1.165, 1.54) is 11.1 Å². The van der Waals surface area contributed by atoms with E-state index in [1.807, 2.05) is 6.07 Å². The van der Waals surface area contributed by atoms with Gasteiger partial charge in [-0.3, -0.25) is 9.79 Å². The standard InChI is InChI=1S/C19H31N5O.HI/c1-14-5-6-17(13-15(14)2)23-19(21)22-9-3-4-10-24-11-7-16(8-12-24)18(20)25;/h5-6,13,16H,3-4,7-12H2,1-2H3,(H2,20,25)(H3,21,22,23);1H. The lowest BCUT2D eigenvalue weighted by molar-refractivity contribution is -0.123. The molecular formula is C19H32IN5O. The Labute approximate surface area is 173 Å². The molecule has 1 aliphatic heterocycles. The summed E-state index contributed by atoms with van der Waals surface area (Å²) in [5, 5.41) is 3.14. The minimum absolute atomic E-state index is 0. The number of unbranched alkanes of at least 4 members (excludes halogenated alkanes) is 1. The van der Waals surface area contributed by atoms with Crippen molar-refractivity contribution in [2.45, 2.75) is 39.5 Å². The zero-order chi connectivity index (χ0) is 18.2. The molecule has 5 N–H and O–H groups in total. The van der Waals surface area contributed by atoms with Crippen LogP contribution in [0.3, 0.4) is 0 Å². The average molecular weight is 473 g/mol. The van der Waals surface area contributed by atoms with Crippen LogP contribution in [0.1, 0.15) is 36.8 Å². The molecule has 0 aromatic heterocycles. The molecule has 1 aliphatic rings. The van der Waals surface area contributed by atoms with Gasteiger partial charge in [-0.2, -0.15) is 0 Å². The minimum Gasteiger partial charge on any atom is -0.370 e. The van der Waals surface area contributed by atoms with Crippen LogP contribution in [0.2, 0.25) is 0 Å². The number of aryl methyl sites for hydroxylation is 2. The first-order valence-electron chi connectivity index (χ1n) is 9.11. The molecule has 1 heterocycles. The van der Waals surface area contributed by atoms with Crippen molar-refractivity contribution in [2.24, 2.45) is 22.4 Å². The van der Waals surface area contributed by atoms with Gasteiger partial charge in [0.05, 0.1) is 0 Å². The van der Waals surface area contributed by atoms with Crippen molar-refractivity contribution < 1.29 is 4.79 Å². The van der Waals surface area contributed by atoms with Gasteiger partial charge in [0.25, 0.3) is 0 Å². The monoisotopic (exact) mass is 473 g/mol. The molecule has 0 atom stereocenters. The van der Waals surface area contributed by atoms with Gasteiger partial charge in [-0.15, -0.1) is 24.0 Å². The fourth-order valence-corrected chi connectivity index (χ4v) is 3.09. The molecule has 0 radical (unpaired) electrons. The Hall–Kier alpha value is -1.35. The zero-order valence-electron chi connectivity index (χ0n) is 15.8. The number of likely N-dealkylation sites (tertiary alicyclic amines) is 1. The number of anilines is 1. The molecule has 1 aromatic carbocycles. The maximum atomic E-state index is 11.2. The van der Waals surface area contributed by atoms with E-state index in [0.29, 0.717) is 5.96 Å². The molecule has 26 heavy (non-hydrogen) atoms. The number of nitrogens with one attached hydrogen (secondary N) is 1. The summed E-state index contributed by atoms with van der Waals surface area (Å²) in [6, 6.07) is 6.17. The van der Waals surface area contributed by atoms with Gasteiger partial charge >= 0.3 is 0 Å². The van der Waals surface area contributed by atoms with E-state index in [0.717, 1.165) is 57.5 Å². The van der Waals surface area contributed by atoms with Gasteiger partial charge in [0.2, 0.25) is 5.91 Å². The van der Waals surface area contributed by atoms with Crippen LogP contribution < -0.4 is 16.8 Å². The molecule has 0 spiro atoms. The van der Waals surface area contributed by atoms with Crippen LogP contribution in [0.4, 0.5) is 5.69 Å². The first kappa shape index (κ1) is 22.7. The topological polar surface area (TPSA) is 96.7 Å². The van der Waals surface area contributed by atoms with Crippen molar-refractivity contribution >= 4 is 41.5 Å². The molecule has 1 amide bonds. The minimum atomic E-state index is -0.152. The molecule has 1 aromatic rings. The third kappa shape index (κ3) is 7.49. The number of rotatable bonds is 7. The van der Waals surface area contributed by atoms with Crippen molar-refractivity contribution in [3.05, 3.63) is 29.3 Å². The number of aliphatic imine (C=N–C) groups is 1. The Bertz CT molecular complexity index is 612. The molecule has 7 heteroatoms. The molecule has 2 rings (SSSR count). The Morgan fingerprint density at radius 2 is 1.88 bits per heavy atom. The van der Waals surface area contributed by atoms with Gasteiger partial charge in [-0.05, 0) is 82.4 Å². The second kappa shape index (κ2) is 11.4. The number of guanidine groups is 1. The van der Waals surface area contributed by atoms with Crippen LogP contribution in [-0.2, 0) is 4.79 Å². The lowest BCUT2D eigenvalue weighted by atomic mass is 9.96. The number of carbonyl (C=O) groups excluding carboxylic acids is 1. The van der Waals surface area contributed by atoms with E-state index >= 15 is 0 Å². The molecule has 0 saturated carbocycles. The Morgan fingerprint density at radius 1 is 1.19 bits per heavy atom. The maximum Gasteiger partial charge on any atom is 0.220 e. The van der Waals surface area contributed by atoms with Crippen molar-refractivity contribution in [2.75, 3.05) is 31.5 Å². The van der Waals surface area contributed by atoms with Gasteiger partial charge < -0.3 is 21.7 Å². The fraction of sp³-hybridized carbons (Fsp3) is 0.579. The van der Waals surface area contributed by atoms with E-state index in [4.69, 9.17) is 11.5 Å². The highest BCUT2D eigenvalue weighted by atomic mass is 127. The largest absolute Gasteiger partial charge is 0.370 e. The second-order valence-electron chi connectivity index (χ2n) is 6.92. The predicted octanol–water partition coefficient (Wildman–Crippen LogP) is 2.63. The number of benzene rings is 1. The van der Waals surface area contributed by atoms with Gasteiger partial charge in [0, 0.05) is 18.2 Å². The van der Waals surface area contributed by atoms with Gasteiger partial charge in [-0.1, -0.05) is 6.07 Å². The van der Waals surface area contributed by atoms with Gasteiger partial charge in [0.15, 0.2) is 5.96 Å². The highest BCUT2D eigenvalue weighted by molar-refractivity contribution is 14.0. The number of piperidine rings is 1. The van der Waals surface area contributed by atoms with E-state index in [1.54, 1.807) is 0 Å². The Morgan fingerprint density at radius 3 is 2.50 bits per heavy atom. The molecule has 0 aliphatic carbocycles. The van der Waals surface area contributed by atoms with Crippen LogP contribution in [0.25, 0.3) is 0 Å². The summed E-state index contributed by atoms with van der Waals surface area (Å²) in [4.78, 5) is 18.0. The Kier molecular flexibility index (Phi) is 9.93. The summed E-state index contributed by atoms with van der Waals surface area (Å²) < 4.78 is 0.